The Morgan fingerprint density at radius 1 is 1.04 bits per heavy atom. The van der Waals surface area contributed by atoms with Crippen molar-refractivity contribution in [3.8, 4) is 0 Å². The summed E-state index contributed by atoms with van der Waals surface area (Å²) in [6.45, 7) is 0. The predicted octanol–water partition coefficient (Wildman–Crippen LogP) is 2.54. The highest BCUT2D eigenvalue weighted by Crippen LogP contribution is 2.44. The number of nitrogens with two attached hydrogens (primary N) is 1. The van der Waals surface area contributed by atoms with Crippen LogP contribution in [0.1, 0.15) is 30.4 Å². The van der Waals surface area contributed by atoms with Crippen LogP contribution in [0.3, 0.4) is 0 Å². The number of primary sulfonamides is 1. The summed E-state index contributed by atoms with van der Waals surface area (Å²) in [5.74, 6) is -0.228. The molecule has 0 bridgehead atoms. The van der Waals surface area contributed by atoms with E-state index in [9.17, 15) is 13.2 Å². The Balaban J connectivity index is 1.75. The summed E-state index contributed by atoms with van der Waals surface area (Å²) in [7, 11) is -3.55. The van der Waals surface area contributed by atoms with Crippen molar-refractivity contribution in [1.29, 1.82) is 0 Å². The van der Waals surface area contributed by atoms with E-state index in [-0.39, 0.29) is 11.7 Å². The third kappa shape index (κ3) is 3.49. The van der Waals surface area contributed by atoms with E-state index in [1.165, 1.54) is 0 Å². The lowest BCUT2D eigenvalue weighted by Gasteiger charge is -2.40. The molecule has 0 atom stereocenters. The van der Waals surface area contributed by atoms with Crippen LogP contribution in [-0.2, 0) is 26.0 Å². The smallest absolute Gasteiger partial charge is 0.235 e. The van der Waals surface area contributed by atoms with E-state index in [0.29, 0.717) is 11.3 Å². The van der Waals surface area contributed by atoms with Gasteiger partial charge in [-0.05, 0) is 36.1 Å². The zero-order chi connectivity index (χ0) is 17.2. The molecule has 1 fully saturated rings. The van der Waals surface area contributed by atoms with Gasteiger partial charge in [0.2, 0.25) is 15.9 Å². The number of anilines is 1. The summed E-state index contributed by atoms with van der Waals surface area (Å²) >= 11 is 0. The van der Waals surface area contributed by atoms with Crippen molar-refractivity contribution in [3.63, 3.8) is 0 Å². The van der Waals surface area contributed by atoms with Gasteiger partial charge in [0.15, 0.2) is 0 Å². The summed E-state index contributed by atoms with van der Waals surface area (Å²) in [6, 6.07) is 16.6. The van der Waals surface area contributed by atoms with Crippen LogP contribution in [0.2, 0.25) is 0 Å². The first-order chi connectivity index (χ1) is 11.4. The normalized spacial score (nSPS) is 16.2. The monoisotopic (exact) mass is 344 g/mol. The number of sulfonamides is 1. The van der Waals surface area contributed by atoms with Gasteiger partial charge in [0.05, 0.1) is 11.2 Å². The summed E-state index contributed by atoms with van der Waals surface area (Å²) in [5.41, 5.74) is 1.83. The van der Waals surface area contributed by atoms with E-state index in [1.54, 1.807) is 24.3 Å². The van der Waals surface area contributed by atoms with E-state index in [4.69, 9.17) is 5.14 Å². The van der Waals surface area contributed by atoms with Crippen molar-refractivity contribution < 1.29 is 13.2 Å². The van der Waals surface area contributed by atoms with Gasteiger partial charge in [-0.15, -0.1) is 0 Å². The van der Waals surface area contributed by atoms with E-state index in [0.717, 1.165) is 24.8 Å². The molecule has 126 valence electrons. The lowest BCUT2D eigenvalue weighted by molar-refractivity contribution is -0.124. The maximum absolute atomic E-state index is 12.8. The fraction of sp³-hybridized carbons (Fsp3) is 0.278. The van der Waals surface area contributed by atoms with E-state index in [2.05, 4.69) is 5.32 Å². The van der Waals surface area contributed by atoms with Crippen LogP contribution in [0.25, 0.3) is 0 Å². The number of rotatable bonds is 5. The minimum atomic E-state index is -3.55. The standard InChI is InChI=1S/C18H20N2O3S/c19-24(22,23)13-14-7-9-16(10-8-14)20-17(21)18(11-4-12-18)15-5-2-1-3-6-15/h1-3,5-10H,4,11-13H2,(H,20,21)(H2,19,22,23). The second-order valence-electron chi connectivity index (χ2n) is 6.26. The molecule has 1 aliphatic rings. The molecule has 0 aromatic heterocycles. The summed E-state index contributed by atoms with van der Waals surface area (Å²) < 4.78 is 22.2. The quantitative estimate of drug-likeness (QED) is 0.873. The fourth-order valence-electron chi connectivity index (χ4n) is 3.10. The second kappa shape index (κ2) is 6.37. The predicted molar refractivity (Wildman–Crippen MR) is 93.9 cm³/mol. The van der Waals surface area contributed by atoms with Gasteiger partial charge in [0, 0.05) is 5.69 Å². The van der Waals surface area contributed by atoms with Crippen molar-refractivity contribution in [3.05, 3.63) is 65.7 Å². The number of hydrogen-bond acceptors (Lipinski definition) is 3. The summed E-state index contributed by atoms with van der Waals surface area (Å²) in [5, 5.41) is 7.99. The zero-order valence-corrected chi connectivity index (χ0v) is 14.1. The SMILES string of the molecule is NS(=O)(=O)Cc1ccc(NC(=O)C2(c3ccccc3)CCC2)cc1. The van der Waals surface area contributed by atoms with E-state index >= 15 is 0 Å². The molecule has 0 unspecified atom stereocenters. The number of benzene rings is 2. The molecular formula is C18H20N2O3S. The lowest BCUT2D eigenvalue weighted by atomic mass is 9.64. The van der Waals surface area contributed by atoms with E-state index < -0.39 is 15.4 Å². The van der Waals surface area contributed by atoms with Gasteiger partial charge in [0.1, 0.15) is 0 Å². The lowest BCUT2D eigenvalue weighted by Crippen LogP contribution is -2.45. The van der Waals surface area contributed by atoms with Crippen LogP contribution in [0, 0.1) is 0 Å². The van der Waals surface area contributed by atoms with Gasteiger partial charge in [-0.3, -0.25) is 4.79 Å². The van der Waals surface area contributed by atoms with Gasteiger partial charge in [-0.1, -0.05) is 48.9 Å². The second-order valence-corrected chi connectivity index (χ2v) is 7.87. The zero-order valence-electron chi connectivity index (χ0n) is 13.2. The minimum Gasteiger partial charge on any atom is -0.325 e. The van der Waals surface area contributed by atoms with Gasteiger partial charge in [0.25, 0.3) is 0 Å². The molecule has 0 heterocycles. The topological polar surface area (TPSA) is 89.3 Å². The molecule has 0 aliphatic heterocycles. The van der Waals surface area contributed by atoms with Gasteiger partial charge in [-0.25, -0.2) is 13.6 Å². The van der Waals surface area contributed by atoms with Crippen LogP contribution in [0.4, 0.5) is 5.69 Å². The molecule has 1 amide bonds. The Bertz CT molecular complexity index is 826. The molecule has 1 aliphatic carbocycles. The molecular weight excluding hydrogens is 324 g/mol. The van der Waals surface area contributed by atoms with Crippen LogP contribution in [0.15, 0.2) is 54.6 Å². The Hall–Kier alpha value is -2.18. The van der Waals surface area contributed by atoms with Crippen LogP contribution >= 0.6 is 0 Å². The van der Waals surface area contributed by atoms with Gasteiger partial charge in [-0.2, -0.15) is 0 Å². The number of hydrogen-bond donors (Lipinski definition) is 2. The molecule has 6 heteroatoms. The van der Waals surface area contributed by atoms with Crippen LogP contribution < -0.4 is 10.5 Å². The minimum absolute atomic E-state index is 0.0147. The Kier molecular flexibility index (Phi) is 4.43. The molecule has 0 radical (unpaired) electrons. The first kappa shape index (κ1) is 16.7. The third-order valence-electron chi connectivity index (χ3n) is 4.55. The first-order valence-corrected chi connectivity index (χ1v) is 9.57. The molecule has 0 saturated heterocycles. The van der Waals surface area contributed by atoms with Gasteiger partial charge < -0.3 is 5.32 Å². The summed E-state index contributed by atoms with van der Waals surface area (Å²) in [4.78, 5) is 12.8. The van der Waals surface area contributed by atoms with Crippen LogP contribution in [0.5, 0.6) is 0 Å². The Morgan fingerprint density at radius 2 is 1.67 bits per heavy atom. The fourth-order valence-corrected chi connectivity index (χ4v) is 3.76. The first-order valence-electron chi connectivity index (χ1n) is 7.85. The number of carbonyl (C=O) groups excluding carboxylic acids is 1. The van der Waals surface area contributed by atoms with Crippen molar-refractivity contribution in [1.82, 2.24) is 0 Å². The Morgan fingerprint density at radius 3 is 2.17 bits per heavy atom. The maximum atomic E-state index is 12.8. The Labute approximate surface area is 141 Å². The van der Waals surface area contributed by atoms with Crippen molar-refractivity contribution in [2.75, 3.05) is 5.32 Å². The van der Waals surface area contributed by atoms with Crippen molar-refractivity contribution >= 4 is 21.6 Å². The molecule has 24 heavy (non-hydrogen) atoms. The average molecular weight is 344 g/mol. The average Bonchev–Trinajstić information content (AvgIpc) is 2.48. The molecule has 2 aromatic carbocycles. The molecule has 3 rings (SSSR count). The highest BCUT2D eigenvalue weighted by molar-refractivity contribution is 7.88. The molecule has 1 saturated carbocycles. The summed E-state index contributed by atoms with van der Waals surface area (Å²) in [6.07, 6.45) is 2.72. The molecule has 2 aromatic rings. The van der Waals surface area contributed by atoms with Crippen molar-refractivity contribution in [2.24, 2.45) is 5.14 Å². The largest absolute Gasteiger partial charge is 0.325 e. The number of amides is 1. The molecule has 3 N–H and O–H groups in total. The van der Waals surface area contributed by atoms with Crippen molar-refractivity contribution in [2.45, 2.75) is 30.4 Å². The molecule has 0 spiro atoms. The highest BCUT2D eigenvalue weighted by atomic mass is 32.2. The molecule has 5 nitrogen and oxygen atoms in total. The number of carbonyl (C=O) groups is 1. The van der Waals surface area contributed by atoms with Gasteiger partial charge >= 0.3 is 0 Å². The van der Waals surface area contributed by atoms with Crippen LogP contribution in [-0.4, -0.2) is 14.3 Å². The third-order valence-corrected chi connectivity index (χ3v) is 5.28. The maximum Gasteiger partial charge on any atom is 0.235 e. The van der Waals surface area contributed by atoms with E-state index in [1.807, 2.05) is 30.3 Å². The highest BCUT2D eigenvalue weighted by Gasteiger charge is 2.45. The number of nitrogens with one attached hydrogen (secondary N) is 1.